The van der Waals surface area contributed by atoms with Gasteiger partial charge in [0, 0.05) is 16.6 Å². The minimum absolute atomic E-state index is 0.574. The van der Waals surface area contributed by atoms with Crippen LogP contribution in [-0.4, -0.2) is 12.1 Å². The van der Waals surface area contributed by atoms with Gasteiger partial charge in [-0.3, -0.25) is 0 Å². The molecule has 2 N–H and O–H groups in total. The van der Waals surface area contributed by atoms with Crippen molar-refractivity contribution in [2.45, 2.75) is 0 Å². The molecule has 0 radical (unpaired) electrons. The molecule has 0 atom stereocenters. The Kier molecular flexibility index (Phi) is 3.20. The average molecular weight is 285 g/mol. The van der Waals surface area contributed by atoms with E-state index in [0.29, 0.717) is 22.0 Å². The standard InChI is InChI=1S/C16H13ClN2O/c1-20-14-8-7-11(17)15-12(18)9-13(19-16(14)15)10-5-3-2-4-6-10/h2-9H,1H3,(H2,18,19). The van der Waals surface area contributed by atoms with E-state index in [4.69, 9.17) is 22.1 Å². The van der Waals surface area contributed by atoms with Gasteiger partial charge in [-0.05, 0) is 18.2 Å². The van der Waals surface area contributed by atoms with Crippen molar-refractivity contribution in [3.05, 3.63) is 53.6 Å². The van der Waals surface area contributed by atoms with Crippen LogP contribution in [0.4, 0.5) is 5.69 Å². The zero-order chi connectivity index (χ0) is 14.1. The largest absolute Gasteiger partial charge is 0.494 e. The Labute approximate surface area is 122 Å². The maximum atomic E-state index is 6.21. The first-order chi connectivity index (χ1) is 9.70. The van der Waals surface area contributed by atoms with Crippen molar-refractivity contribution in [1.29, 1.82) is 0 Å². The minimum atomic E-state index is 0.574. The van der Waals surface area contributed by atoms with Gasteiger partial charge in [0.05, 0.1) is 17.8 Å². The van der Waals surface area contributed by atoms with Crippen LogP contribution >= 0.6 is 11.6 Å². The topological polar surface area (TPSA) is 48.1 Å². The van der Waals surface area contributed by atoms with Gasteiger partial charge in [-0.2, -0.15) is 0 Å². The quantitative estimate of drug-likeness (QED) is 0.769. The summed E-state index contributed by atoms with van der Waals surface area (Å²) in [6, 6.07) is 15.3. The third-order valence-corrected chi connectivity index (χ3v) is 3.51. The fourth-order valence-corrected chi connectivity index (χ4v) is 2.49. The summed E-state index contributed by atoms with van der Waals surface area (Å²) in [6.45, 7) is 0. The predicted octanol–water partition coefficient (Wildman–Crippen LogP) is 4.15. The Morgan fingerprint density at radius 2 is 1.85 bits per heavy atom. The third kappa shape index (κ3) is 2.06. The summed E-state index contributed by atoms with van der Waals surface area (Å²) in [6.07, 6.45) is 0. The van der Waals surface area contributed by atoms with Crippen LogP contribution in [0.15, 0.2) is 48.5 Å². The van der Waals surface area contributed by atoms with Gasteiger partial charge in [-0.15, -0.1) is 0 Å². The molecule has 3 rings (SSSR count). The van der Waals surface area contributed by atoms with Crippen LogP contribution in [0, 0.1) is 0 Å². The number of benzene rings is 2. The molecule has 3 aromatic rings. The zero-order valence-electron chi connectivity index (χ0n) is 10.9. The molecule has 0 saturated carbocycles. The number of halogens is 1. The van der Waals surface area contributed by atoms with E-state index in [-0.39, 0.29) is 0 Å². The summed E-state index contributed by atoms with van der Waals surface area (Å²) in [5.41, 5.74) is 9.22. The maximum absolute atomic E-state index is 6.21. The lowest BCUT2D eigenvalue weighted by atomic mass is 10.1. The number of rotatable bonds is 2. The lowest BCUT2D eigenvalue weighted by Crippen LogP contribution is -1.96. The van der Waals surface area contributed by atoms with Crippen LogP contribution in [0.2, 0.25) is 5.02 Å². The number of nitrogens with zero attached hydrogens (tertiary/aromatic N) is 1. The van der Waals surface area contributed by atoms with Gasteiger partial charge in [-0.1, -0.05) is 41.9 Å². The number of hydrogen-bond acceptors (Lipinski definition) is 3. The van der Waals surface area contributed by atoms with E-state index in [1.165, 1.54) is 0 Å². The summed E-state index contributed by atoms with van der Waals surface area (Å²) in [5, 5.41) is 1.30. The molecule has 0 fully saturated rings. The second kappa shape index (κ2) is 5.02. The highest BCUT2D eigenvalue weighted by molar-refractivity contribution is 6.36. The smallest absolute Gasteiger partial charge is 0.145 e. The van der Waals surface area contributed by atoms with E-state index in [1.807, 2.05) is 36.4 Å². The molecule has 0 aliphatic carbocycles. The Hall–Kier alpha value is -2.26. The zero-order valence-corrected chi connectivity index (χ0v) is 11.7. The van der Waals surface area contributed by atoms with Crippen LogP contribution in [0.25, 0.3) is 22.2 Å². The van der Waals surface area contributed by atoms with Crippen molar-refractivity contribution in [2.75, 3.05) is 12.8 Å². The van der Waals surface area contributed by atoms with E-state index >= 15 is 0 Å². The molecule has 0 bridgehead atoms. The molecule has 0 aliphatic heterocycles. The highest BCUT2D eigenvalue weighted by Gasteiger charge is 2.12. The maximum Gasteiger partial charge on any atom is 0.145 e. The summed E-state index contributed by atoms with van der Waals surface area (Å²) in [7, 11) is 1.61. The Bertz CT molecular complexity index is 772. The summed E-state index contributed by atoms with van der Waals surface area (Å²) >= 11 is 6.21. The molecular weight excluding hydrogens is 272 g/mol. The van der Waals surface area contributed by atoms with Crippen molar-refractivity contribution in [2.24, 2.45) is 0 Å². The Morgan fingerprint density at radius 3 is 2.55 bits per heavy atom. The lowest BCUT2D eigenvalue weighted by Gasteiger charge is -2.11. The number of nitrogens with two attached hydrogens (primary N) is 1. The highest BCUT2D eigenvalue weighted by atomic mass is 35.5. The molecule has 1 aromatic heterocycles. The lowest BCUT2D eigenvalue weighted by molar-refractivity contribution is 0.419. The monoisotopic (exact) mass is 284 g/mol. The van der Waals surface area contributed by atoms with Crippen molar-refractivity contribution >= 4 is 28.2 Å². The van der Waals surface area contributed by atoms with Gasteiger partial charge in [0.2, 0.25) is 0 Å². The van der Waals surface area contributed by atoms with Crippen LogP contribution in [0.1, 0.15) is 0 Å². The molecule has 0 saturated heterocycles. The fraction of sp³-hybridized carbons (Fsp3) is 0.0625. The van der Waals surface area contributed by atoms with Gasteiger partial charge >= 0.3 is 0 Å². The van der Waals surface area contributed by atoms with Crippen LogP contribution in [-0.2, 0) is 0 Å². The number of pyridine rings is 1. The molecule has 0 spiro atoms. The SMILES string of the molecule is COc1ccc(Cl)c2c(N)cc(-c3ccccc3)nc12. The number of aromatic nitrogens is 1. The number of nitrogen functional groups attached to an aromatic ring is 1. The molecule has 4 heteroatoms. The number of methoxy groups -OCH3 is 1. The minimum Gasteiger partial charge on any atom is -0.494 e. The molecule has 20 heavy (non-hydrogen) atoms. The molecule has 100 valence electrons. The Morgan fingerprint density at radius 1 is 1.10 bits per heavy atom. The first-order valence-corrected chi connectivity index (χ1v) is 6.56. The van der Waals surface area contributed by atoms with E-state index < -0.39 is 0 Å². The second-order valence-corrected chi connectivity index (χ2v) is 4.84. The summed E-state index contributed by atoms with van der Waals surface area (Å²) < 4.78 is 5.35. The predicted molar refractivity (Wildman–Crippen MR) is 83.2 cm³/mol. The number of hydrogen-bond donors (Lipinski definition) is 1. The van der Waals surface area contributed by atoms with Crippen LogP contribution in [0.3, 0.4) is 0 Å². The molecule has 0 unspecified atom stereocenters. The first kappa shape index (κ1) is 12.8. The Balaban J connectivity index is 2.33. The first-order valence-electron chi connectivity index (χ1n) is 6.19. The van der Waals surface area contributed by atoms with E-state index in [2.05, 4.69) is 4.98 Å². The average Bonchev–Trinajstić information content (AvgIpc) is 2.48. The van der Waals surface area contributed by atoms with Crippen LogP contribution < -0.4 is 10.5 Å². The molecule has 1 heterocycles. The fourth-order valence-electron chi connectivity index (χ4n) is 2.23. The number of anilines is 1. The van der Waals surface area contributed by atoms with Gasteiger partial charge in [0.25, 0.3) is 0 Å². The van der Waals surface area contributed by atoms with Crippen molar-refractivity contribution < 1.29 is 4.74 Å². The van der Waals surface area contributed by atoms with Crippen molar-refractivity contribution in [3.63, 3.8) is 0 Å². The number of ether oxygens (including phenoxy) is 1. The molecule has 2 aromatic carbocycles. The second-order valence-electron chi connectivity index (χ2n) is 4.44. The molecular formula is C16H13ClN2O. The van der Waals surface area contributed by atoms with Gasteiger partial charge in [0.1, 0.15) is 11.3 Å². The molecule has 0 aliphatic rings. The highest BCUT2D eigenvalue weighted by Crippen LogP contribution is 2.36. The van der Waals surface area contributed by atoms with E-state index in [9.17, 15) is 0 Å². The third-order valence-electron chi connectivity index (χ3n) is 3.19. The van der Waals surface area contributed by atoms with Crippen LogP contribution in [0.5, 0.6) is 5.75 Å². The van der Waals surface area contributed by atoms with E-state index in [1.54, 1.807) is 19.2 Å². The number of fused-ring (bicyclic) bond motifs is 1. The van der Waals surface area contributed by atoms with Gasteiger partial charge in [0.15, 0.2) is 0 Å². The molecule has 3 nitrogen and oxygen atoms in total. The van der Waals surface area contributed by atoms with Gasteiger partial charge < -0.3 is 10.5 Å². The summed E-state index contributed by atoms with van der Waals surface area (Å²) in [4.78, 5) is 4.65. The summed E-state index contributed by atoms with van der Waals surface area (Å²) in [5.74, 6) is 0.661. The normalized spacial score (nSPS) is 10.7. The van der Waals surface area contributed by atoms with Crippen molar-refractivity contribution in [3.8, 4) is 17.0 Å². The van der Waals surface area contributed by atoms with E-state index in [0.717, 1.165) is 16.6 Å². The molecule has 0 amide bonds. The van der Waals surface area contributed by atoms with Gasteiger partial charge in [-0.25, -0.2) is 4.98 Å². The van der Waals surface area contributed by atoms with Crippen molar-refractivity contribution in [1.82, 2.24) is 4.98 Å².